The van der Waals surface area contributed by atoms with E-state index in [0.717, 1.165) is 0 Å². The molecule has 2 aromatic rings. The zero-order valence-electron chi connectivity index (χ0n) is 19.6. The minimum Gasteiger partial charge on any atom is -0.480 e. The van der Waals surface area contributed by atoms with Crippen LogP contribution >= 0.6 is 23.2 Å². The van der Waals surface area contributed by atoms with E-state index in [-0.39, 0.29) is 40.2 Å². The quantitative estimate of drug-likeness (QED) is 0.474. The summed E-state index contributed by atoms with van der Waals surface area (Å²) in [6.45, 7) is 6.06. The van der Waals surface area contributed by atoms with Crippen LogP contribution in [0.4, 0.5) is 10.6 Å². The summed E-state index contributed by atoms with van der Waals surface area (Å²) in [4.78, 5) is 40.9. The van der Waals surface area contributed by atoms with Crippen LogP contribution in [0.1, 0.15) is 49.7 Å². The van der Waals surface area contributed by atoms with E-state index < -0.39 is 23.2 Å². The number of rotatable bonds is 5. The SMILES string of the molecule is COc1nccc(C(=O)c2ncc(N3CCC(O)(N(C)C(=O)OC(C)(C)C)CC3)nc2Cl)c1Cl. The number of anilines is 1. The Morgan fingerprint density at radius 3 is 2.41 bits per heavy atom. The number of hydrogen-bond donors (Lipinski definition) is 1. The molecule has 10 nitrogen and oxygen atoms in total. The predicted octanol–water partition coefficient (Wildman–Crippen LogP) is 3.57. The second kappa shape index (κ2) is 9.89. The van der Waals surface area contributed by atoms with Crippen LogP contribution in [0.2, 0.25) is 10.2 Å². The van der Waals surface area contributed by atoms with Crippen molar-refractivity contribution in [3.63, 3.8) is 0 Å². The van der Waals surface area contributed by atoms with Gasteiger partial charge in [-0.25, -0.2) is 19.7 Å². The van der Waals surface area contributed by atoms with Crippen LogP contribution in [-0.2, 0) is 4.74 Å². The van der Waals surface area contributed by atoms with E-state index in [4.69, 9.17) is 32.7 Å². The van der Waals surface area contributed by atoms with Gasteiger partial charge in [0.25, 0.3) is 0 Å². The number of nitrogens with zero attached hydrogens (tertiary/aromatic N) is 5. The first-order chi connectivity index (χ1) is 15.9. The minimum atomic E-state index is -1.36. The maximum atomic E-state index is 12.9. The van der Waals surface area contributed by atoms with Crippen molar-refractivity contribution in [2.24, 2.45) is 0 Å². The highest BCUT2D eigenvalue weighted by Crippen LogP contribution is 2.31. The molecule has 3 heterocycles. The van der Waals surface area contributed by atoms with Gasteiger partial charge < -0.3 is 19.5 Å². The third-order valence-corrected chi connectivity index (χ3v) is 6.04. The Kier molecular flexibility index (Phi) is 7.54. The summed E-state index contributed by atoms with van der Waals surface area (Å²) < 4.78 is 10.4. The van der Waals surface area contributed by atoms with Gasteiger partial charge in [-0.1, -0.05) is 23.2 Å². The monoisotopic (exact) mass is 511 g/mol. The van der Waals surface area contributed by atoms with Gasteiger partial charge in [-0.3, -0.25) is 9.69 Å². The van der Waals surface area contributed by atoms with Crippen molar-refractivity contribution in [3.8, 4) is 5.88 Å². The summed E-state index contributed by atoms with van der Waals surface area (Å²) in [7, 11) is 2.91. The zero-order valence-corrected chi connectivity index (χ0v) is 21.1. The molecule has 1 saturated heterocycles. The molecule has 34 heavy (non-hydrogen) atoms. The Hall–Kier alpha value is -2.69. The fourth-order valence-electron chi connectivity index (χ4n) is 3.46. The lowest BCUT2D eigenvalue weighted by atomic mass is 9.99. The van der Waals surface area contributed by atoms with Gasteiger partial charge in [0.15, 0.2) is 5.15 Å². The standard InChI is InChI=1S/C22H27Cl2N5O5/c1-21(2,3)34-20(31)28(4)22(32)7-10-29(11-8-22)14-12-26-16(18(24)27-14)17(30)13-6-9-25-19(33-5)15(13)23/h6,9,12,32H,7-8,10-11H2,1-5H3. The van der Waals surface area contributed by atoms with E-state index in [9.17, 15) is 14.7 Å². The number of ether oxygens (including phenoxy) is 2. The number of piperidine rings is 1. The third-order valence-electron chi connectivity index (χ3n) is 5.41. The number of aromatic nitrogens is 3. The van der Waals surface area contributed by atoms with Crippen molar-refractivity contribution in [2.45, 2.75) is 44.9 Å². The molecular formula is C22H27Cl2N5O5. The molecule has 0 atom stereocenters. The topological polar surface area (TPSA) is 118 Å². The molecule has 12 heteroatoms. The van der Waals surface area contributed by atoms with Crippen LogP contribution in [0.25, 0.3) is 0 Å². The van der Waals surface area contributed by atoms with Crippen LogP contribution < -0.4 is 9.64 Å². The molecule has 184 valence electrons. The summed E-state index contributed by atoms with van der Waals surface area (Å²) in [5, 5.41) is 11.0. The lowest BCUT2D eigenvalue weighted by molar-refractivity contribution is -0.109. The van der Waals surface area contributed by atoms with Gasteiger partial charge in [0.1, 0.15) is 27.9 Å². The lowest BCUT2D eigenvalue weighted by Gasteiger charge is -2.43. The Labute approximate surface area is 207 Å². The van der Waals surface area contributed by atoms with Crippen molar-refractivity contribution >= 4 is 40.9 Å². The average molecular weight is 512 g/mol. The van der Waals surface area contributed by atoms with Gasteiger partial charge in [0, 0.05) is 44.7 Å². The van der Waals surface area contributed by atoms with Gasteiger partial charge in [0.2, 0.25) is 11.7 Å². The highest BCUT2D eigenvalue weighted by Gasteiger charge is 2.40. The summed E-state index contributed by atoms with van der Waals surface area (Å²) in [6, 6.07) is 1.45. The summed E-state index contributed by atoms with van der Waals surface area (Å²) in [6.07, 6.45) is 2.76. The largest absolute Gasteiger partial charge is 0.480 e. The van der Waals surface area contributed by atoms with Crippen LogP contribution in [0.15, 0.2) is 18.5 Å². The molecule has 0 aliphatic carbocycles. The minimum absolute atomic E-state index is 0.0567. The molecule has 0 unspecified atom stereocenters. The van der Waals surface area contributed by atoms with Gasteiger partial charge >= 0.3 is 6.09 Å². The summed E-state index contributed by atoms with van der Waals surface area (Å²) in [5.74, 6) is 0.0500. The first-order valence-electron chi connectivity index (χ1n) is 10.6. The van der Waals surface area contributed by atoms with Crippen LogP contribution in [0.5, 0.6) is 5.88 Å². The highest BCUT2D eigenvalue weighted by molar-refractivity contribution is 6.38. The van der Waals surface area contributed by atoms with Gasteiger partial charge in [-0.2, -0.15) is 0 Å². The van der Waals surface area contributed by atoms with E-state index >= 15 is 0 Å². The average Bonchev–Trinajstić information content (AvgIpc) is 2.77. The summed E-state index contributed by atoms with van der Waals surface area (Å²) >= 11 is 12.5. The van der Waals surface area contributed by atoms with Gasteiger partial charge in [-0.05, 0) is 26.8 Å². The van der Waals surface area contributed by atoms with Crippen molar-refractivity contribution in [2.75, 3.05) is 32.1 Å². The van der Waals surface area contributed by atoms with E-state index in [1.165, 1.54) is 37.5 Å². The molecule has 0 bridgehead atoms. The molecule has 0 radical (unpaired) electrons. The van der Waals surface area contributed by atoms with E-state index in [2.05, 4.69) is 15.0 Å². The van der Waals surface area contributed by atoms with Crippen LogP contribution in [0, 0.1) is 0 Å². The fourth-order valence-corrected chi connectivity index (χ4v) is 3.96. The second-order valence-electron chi connectivity index (χ2n) is 8.89. The summed E-state index contributed by atoms with van der Waals surface area (Å²) in [5.41, 5.74) is -1.94. The number of carbonyl (C=O) groups excluding carboxylic acids is 2. The maximum absolute atomic E-state index is 12.9. The number of amides is 1. The molecule has 0 saturated carbocycles. The number of pyridine rings is 1. The Morgan fingerprint density at radius 1 is 1.21 bits per heavy atom. The van der Waals surface area contributed by atoms with E-state index in [0.29, 0.717) is 18.9 Å². The number of halogens is 2. The van der Waals surface area contributed by atoms with Crippen molar-refractivity contribution < 1.29 is 24.2 Å². The van der Waals surface area contributed by atoms with E-state index in [1.54, 1.807) is 20.8 Å². The molecule has 0 aromatic carbocycles. The normalized spacial score (nSPS) is 15.6. The molecule has 0 spiro atoms. The Balaban J connectivity index is 1.72. The molecule has 1 fully saturated rings. The van der Waals surface area contributed by atoms with Gasteiger partial charge in [0.05, 0.1) is 13.3 Å². The van der Waals surface area contributed by atoms with Crippen LogP contribution in [-0.4, -0.2) is 75.4 Å². The van der Waals surface area contributed by atoms with Gasteiger partial charge in [-0.15, -0.1) is 0 Å². The second-order valence-corrected chi connectivity index (χ2v) is 9.62. The fraction of sp³-hybridized carbons (Fsp3) is 0.500. The lowest BCUT2D eigenvalue weighted by Crippen LogP contribution is -2.57. The Morgan fingerprint density at radius 2 is 1.85 bits per heavy atom. The third kappa shape index (κ3) is 5.51. The smallest absolute Gasteiger partial charge is 0.412 e. The van der Waals surface area contributed by atoms with Crippen molar-refractivity contribution in [3.05, 3.63) is 39.9 Å². The number of hydrogen-bond acceptors (Lipinski definition) is 9. The molecule has 3 rings (SSSR count). The molecule has 1 N–H and O–H groups in total. The molecule has 1 aliphatic rings. The van der Waals surface area contributed by atoms with E-state index in [1.807, 2.05) is 4.90 Å². The number of carbonyl (C=O) groups is 2. The molecule has 2 aromatic heterocycles. The van der Waals surface area contributed by atoms with Crippen molar-refractivity contribution in [1.82, 2.24) is 19.9 Å². The van der Waals surface area contributed by atoms with Crippen molar-refractivity contribution in [1.29, 1.82) is 0 Å². The number of methoxy groups -OCH3 is 1. The number of aliphatic hydroxyl groups is 1. The predicted molar refractivity (Wildman–Crippen MR) is 127 cm³/mol. The zero-order chi connectivity index (χ0) is 25.3. The highest BCUT2D eigenvalue weighted by atomic mass is 35.5. The molecule has 1 aliphatic heterocycles. The first-order valence-corrected chi connectivity index (χ1v) is 11.3. The Bertz CT molecular complexity index is 1080. The molecular weight excluding hydrogens is 485 g/mol. The maximum Gasteiger partial charge on any atom is 0.412 e. The van der Waals surface area contributed by atoms with Crippen LogP contribution in [0.3, 0.4) is 0 Å². The number of ketones is 1. The first kappa shape index (κ1) is 25.9. The molecule has 1 amide bonds.